The summed E-state index contributed by atoms with van der Waals surface area (Å²) in [4.78, 5) is 8.71. The van der Waals surface area contributed by atoms with Gasteiger partial charge in [-0.05, 0) is 28.1 Å². The second kappa shape index (κ2) is 5.81. The van der Waals surface area contributed by atoms with E-state index in [9.17, 15) is 0 Å². The van der Waals surface area contributed by atoms with Crippen LogP contribution in [0, 0.1) is 0 Å². The van der Waals surface area contributed by atoms with Crippen LogP contribution in [0.4, 0.5) is 5.82 Å². The maximum absolute atomic E-state index is 4.38. The van der Waals surface area contributed by atoms with E-state index in [1.165, 1.54) is 0 Å². The Morgan fingerprint density at radius 2 is 1.96 bits per heavy atom. The van der Waals surface area contributed by atoms with E-state index < -0.39 is 0 Å². The van der Waals surface area contributed by atoms with Gasteiger partial charge in [-0.2, -0.15) is 10.2 Å². The Morgan fingerprint density at radius 1 is 1.09 bits per heavy atom. The molecular weight excluding hydrogens is 358 g/mol. The van der Waals surface area contributed by atoms with Crippen molar-refractivity contribution >= 4 is 27.3 Å². The highest BCUT2D eigenvalue weighted by molar-refractivity contribution is 9.10. The molecule has 0 amide bonds. The van der Waals surface area contributed by atoms with Gasteiger partial charge in [0.25, 0.3) is 0 Å². The standard InChI is InChI=1S/C15H12BrN7/c16-12-8-20-22-7-6-17-15(14(12)22)18-9-13-19-10-21-23(13)11-4-2-1-3-5-11/h1-8,10H,9H2,(H,17,18). The molecule has 0 spiro atoms. The van der Waals surface area contributed by atoms with Crippen molar-refractivity contribution in [3.05, 3.63) is 65.5 Å². The van der Waals surface area contributed by atoms with E-state index in [1.807, 2.05) is 30.3 Å². The van der Waals surface area contributed by atoms with Gasteiger partial charge in [0.1, 0.15) is 11.8 Å². The number of para-hydroxylation sites is 1. The molecule has 1 N–H and O–H groups in total. The monoisotopic (exact) mass is 369 g/mol. The van der Waals surface area contributed by atoms with Gasteiger partial charge in [-0.15, -0.1) is 0 Å². The molecule has 4 rings (SSSR count). The molecule has 0 saturated heterocycles. The van der Waals surface area contributed by atoms with Gasteiger partial charge in [-0.3, -0.25) is 0 Å². The van der Waals surface area contributed by atoms with Crippen LogP contribution in [0.3, 0.4) is 0 Å². The zero-order chi connectivity index (χ0) is 15.6. The highest BCUT2D eigenvalue weighted by atomic mass is 79.9. The van der Waals surface area contributed by atoms with Crippen molar-refractivity contribution in [2.75, 3.05) is 5.32 Å². The fourth-order valence-corrected chi connectivity index (χ4v) is 2.83. The van der Waals surface area contributed by atoms with Crippen LogP contribution in [0.1, 0.15) is 5.82 Å². The molecular formula is C15H12BrN7. The van der Waals surface area contributed by atoms with Gasteiger partial charge in [0.2, 0.25) is 0 Å². The summed E-state index contributed by atoms with van der Waals surface area (Å²) in [5, 5.41) is 11.8. The molecule has 0 fully saturated rings. The molecule has 7 nitrogen and oxygen atoms in total. The average molecular weight is 370 g/mol. The van der Waals surface area contributed by atoms with Crippen molar-refractivity contribution in [2.45, 2.75) is 6.54 Å². The number of anilines is 1. The molecule has 0 unspecified atom stereocenters. The second-order valence-corrected chi connectivity index (χ2v) is 5.69. The van der Waals surface area contributed by atoms with Crippen molar-refractivity contribution in [2.24, 2.45) is 0 Å². The number of nitrogens with zero attached hydrogens (tertiary/aromatic N) is 6. The minimum atomic E-state index is 0.499. The minimum Gasteiger partial charge on any atom is -0.361 e. The maximum atomic E-state index is 4.38. The number of hydrogen-bond donors (Lipinski definition) is 1. The van der Waals surface area contributed by atoms with Crippen LogP contribution in [0.5, 0.6) is 0 Å². The molecule has 0 aliphatic rings. The third-order valence-corrected chi connectivity index (χ3v) is 4.00. The average Bonchev–Trinajstić information content (AvgIpc) is 3.21. The largest absolute Gasteiger partial charge is 0.361 e. The van der Waals surface area contributed by atoms with Gasteiger partial charge in [-0.1, -0.05) is 18.2 Å². The van der Waals surface area contributed by atoms with Crippen molar-refractivity contribution in [1.29, 1.82) is 0 Å². The smallest absolute Gasteiger partial charge is 0.153 e. The first-order chi connectivity index (χ1) is 11.3. The zero-order valence-electron chi connectivity index (χ0n) is 12.0. The number of fused-ring (bicyclic) bond motifs is 1. The van der Waals surface area contributed by atoms with Crippen molar-refractivity contribution in [3.8, 4) is 5.69 Å². The summed E-state index contributed by atoms with van der Waals surface area (Å²) in [7, 11) is 0. The molecule has 4 aromatic rings. The van der Waals surface area contributed by atoms with Crippen molar-refractivity contribution in [3.63, 3.8) is 0 Å². The first-order valence-electron chi connectivity index (χ1n) is 6.99. The van der Waals surface area contributed by atoms with Gasteiger partial charge in [0.05, 0.1) is 22.9 Å². The SMILES string of the molecule is Brc1cnn2ccnc(NCc3ncnn3-c3ccccc3)c12. The predicted molar refractivity (Wildman–Crippen MR) is 89.4 cm³/mol. The topological polar surface area (TPSA) is 72.9 Å². The quantitative estimate of drug-likeness (QED) is 0.598. The van der Waals surface area contributed by atoms with Crippen molar-refractivity contribution in [1.82, 2.24) is 29.4 Å². The number of nitrogens with one attached hydrogen (secondary N) is 1. The summed E-state index contributed by atoms with van der Waals surface area (Å²) in [5.74, 6) is 1.54. The lowest BCUT2D eigenvalue weighted by Crippen LogP contribution is -2.10. The maximum Gasteiger partial charge on any atom is 0.153 e. The van der Waals surface area contributed by atoms with E-state index >= 15 is 0 Å². The molecule has 1 aromatic carbocycles. The fourth-order valence-electron chi connectivity index (χ4n) is 2.37. The van der Waals surface area contributed by atoms with E-state index in [0.29, 0.717) is 6.54 Å². The van der Waals surface area contributed by atoms with Crippen molar-refractivity contribution < 1.29 is 0 Å². The zero-order valence-corrected chi connectivity index (χ0v) is 13.6. The summed E-state index contributed by atoms with van der Waals surface area (Å²) in [6.45, 7) is 0.499. The van der Waals surface area contributed by atoms with Crippen LogP contribution in [0.15, 0.2) is 59.7 Å². The summed E-state index contributed by atoms with van der Waals surface area (Å²) < 4.78 is 4.46. The second-order valence-electron chi connectivity index (χ2n) is 4.84. The fraction of sp³-hybridized carbons (Fsp3) is 0.0667. The van der Waals surface area contributed by atoms with Crippen LogP contribution in [-0.4, -0.2) is 29.4 Å². The number of rotatable bonds is 4. The highest BCUT2D eigenvalue weighted by Gasteiger charge is 2.10. The number of hydrogen-bond acceptors (Lipinski definition) is 5. The summed E-state index contributed by atoms with van der Waals surface area (Å²) >= 11 is 3.49. The van der Waals surface area contributed by atoms with E-state index in [4.69, 9.17) is 0 Å². The van der Waals surface area contributed by atoms with E-state index in [2.05, 4.69) is 41.4 Å². The summed E-state index contributed by atoms with van der Waals surface area (Å²) in [6.07, 6.45) is 6.80. The number of aromatic nitrogens is 6. The van der Waals surface area contributed by atoms with Gasteiger partial charge < -0.3 is 5.32 Å². The Hall–Kier alpha value is -2.74. The first kappa shape index (κ1) is 13.9. The molecule has 0 bridgehead atoms. The molecule has 23 heavy (non-hydrogen) atoms. The molecule has 0 aliphatic carbocycles. The Bertz CT molecular complexity index is 945. The van der Waals surface area contributed by atoms with Crippen LogP contribution in [0.25, 0.3) is 11.2 Å². The third-order valence-electron chi connectivity index (χ3n) is 3.42. The lowest BCUT2D eigenvalue weighted by Gasteiger charge is -2.09. The Balaban J connectivity index is 1.63. The van der Waals surface area contributed by atoms with Crippen LogP contribution in [-0.2, 0) is 6.54 Å². The van der Waals surface area contributed by atoms with Crippen LogP contribution >= 0.6 is 15.9 Å². The van der Waals surface area contributed by atoms with E-state index in [0.717, 1.165) is 27.3 Å². The Morgan fingerprint density at radius 3 is 2.83 bits per heavy atom. The molecule has 8 heteroatoms. The summed E-state index contributed by atoms with van der Waals surface area (Å²) in [6, 6.07) is 9.90. The third kappa shape index (κ3) is 2.57. The van der Waals surface area contributed by atoms with Gasteiger partial charge in [0, 0.05) is 12.4 Å². The highest BCUT2D eigenvalue weighted by Crippen LogP contribution is 2.23. The lowest BCUT2D eigenvalue weighted by atomic mass is 10.3. The minimum absolute atomic E-state index is 0.499. The van der Waals surface area contributed by atoms with Gasteiger partial charge in [0.15, 0.2) is 11.6 Å². The van der Waals surface area contributed by atoms with Crippen LogP contribution < -0.4 is 5.32 Å². The van der Waals surface area contributed by atoms with E-state index in [-0.39, 0.29) is 0 Å². The Labute approximate surface area is 140 Å². The molecule has 0 aliphatic heterocycles. The number of halogens is 1. The first-order valence-corrected chi connectivity index (χ1v) is 7.78. The van der Waals surface area contributed by atoms with E-state index in [1.54, 1.807) is 34.1 Å². The normalized spacial score (nSPS) is 11.0. The lowest BCUT2D eigenvalue weighted by molar-refractivity contribution is 0.803. The Kier molecular flexibility index (Phi) is 3.51. The summed E-state index contributed by atoms with van der Waals surface area (Å²) in [5.41, 5.74) is 1.86. The molecule has 3 heterocycles. The molecule has 0 radical (unpaired) electrons. The van der Waals surface area contributed by atoms with Gasteiger partial charge in [-0.25, -0.2) is 19.2 Å². The molecule has 3 aromatic heterocycles. The molecule has 0 saturated carbocycles. The molecule has 114 valence electrons. The predicted octanol–water partition coefficient (Wildman–Crippen LogP) is 2.68. The van der Waals surface area contributed by atoms with Crippen LogP contribution in [0.2, 0.25) is 0 Å². The molecule has 0 atom stereocenters. The van der Waals surface area contributed by atoms with Gasteiger partial charge >= 0.3 is 0 Å². The number of benzene rings is 1.